The van der Waals surface area contributed by atoms with E-state index in [1.165, 1.54) is 23.1 Å². The molecule has 128 valence electrons. The molecule has 0 aromatic carbocycles. The van der Waals surface area contributed by atoms with Crippen molar-refractivity contribution in [1.82, 2.24) is 19.7 Å². The van der Waals surface area contributed by atoms with Gasteiger partial charge in [-0.15, -0.1) is 10.2 Å². The molecular formula is C15H19N5O2S2. The predicted molar refractivity (Wildman–Crippen MR) is 94.9 cm³/mol. The highest BCUT2D eigenvalue weighted by molar-refractivity contribution is 7.99. The van der Waals surface area contributed by atoms with E-state index < -0.39 is 0 Å². The highest BCUT2D eigenvalue weighted by Crippen LogP contribution is 2.33. The quantitative estimate of drug-likeness (QED) is 0.840. The Labute approximate surface area is 147 Å². The van der Waals surface area contributed by atoms with Crippen molar-refractivity contribution in [2.45, 2.75) is 50.7 Å². The molecule has 0 spiro atoms. The fourth-order valence-electron chi connectivity index (χ4n) is 2.42. The van der Waals surface area contributed by atoms with Gasteiger partial charge in [-0.1, -0.05) is 43.9 Å². The zero-order chi connectivity index (χ0) is 17.5. The first-order chi connectivity index (χ1) is 11.2. The van der Waals surface area contributed by atoms with Crippen molar-refractivity contribution in [2.75, 3.05) is 11.1 Å². The van der Waals surface area contributed by atoms with Crippen LogP contribution in [0.25, 0.3) is 0 Å². The zero-order valence-electron chi connectivity index (χ0n) is 14.0. The number of fused-ring (bicyclic) bond motifs is 1. The minimum Gasteiger partial charge on any atom is -0.300 e. The summed E-state index contributed by atoms with van der Waals surface area (Å²) >= 11 is 2.85. The lowest BCUT2D eigenvalue weighted by Crippen LogP contribution is -2.29. The van der Waals surface area contributed by atoms with Gasteiger partial charge in [0.05, 0.1) is 11.7 Å². The number of hydrogen-bond donors (Lipinski definition) is 1. The Bertz CT molecular complexity index is 837. The monoisotopic (exact) mass is 365 g/mol. The largest absolute Gasteiger partial charge is 0.300 e. The first-order valence-corrected chi connectivity index (χ1v) is 9.41. The van der Waals surface area contributed by atoms with Crippen molar-refractivity contribution in [1.29, 1.82) is 0 Å². The van der Waals surface area contributed by atoms with Crippen molar-refractivity contribution in [3.63, 3.8) is 0 Å². The lowest BCUT2D eigenvalue weighted by Gasteiger charge is -2.19. The number of thioether (sulfide) groups is 1. The van der Waals surface area contributed by atoms with Gasteiger partial charge in [-0.05, 0) is 6.92 Å². The molecule has 2 aromatic rings. The number of rotatable bonds is 3. The number of carbonyl (C=O) groups is 1. The summed E-state index contributed by atoms with van der Waals surface area (Å²) in [5, 5.41) is 12.5. The third-order valence-corrected chi connectivity index (χ3v) is 5.50. The predicted octanol–water partition coefficient (Wildman–Crippen LogP) is 2.38. The van der Waals surface area contributed by atoms with Crippen molar-refractivity contribution >= 4 is 34.1 Å². The molecular weight excluding hydrogens is 346 g/mol. The molecule has 0 saturated heterocycles. The summed E-state index contributed by atoms with van der Waals surface area (Å²) in [6, 6.07) is 1.39. The van der Waals surface area contributed by atoms with Crippen LogP contribution in [0, 0.1) is 6.92 Å². The second-order valence-electron chi connectivity index (χ2n) is 6.73. The zero-order valence-corrected chi connectivity index (χ0v) is 15.6. The topological polar surface area (TPSA) is 89.8 Å². The number of amides is 1. The highest BCUT2D eigenvalue weighted by Gasteiger charge is 2.29. The Morgan fingerprint density at radius 1 is 1.42 bits per heavy atom. The van der Waals surface area contributed by atoms with Crippen LogP contribution >= 0.6 is 23.1 Å². The molecule has 0 radical (unpaired) electrons. The van der Waals surface area contributed by atoms with Gasteiger partial charge < -0.3 is 5.32 Å². The van der Waals surface area contributed by atoms with Crippen LogP contribution in [-0.4, -0.2) is 31.4 Å². The molecule has 1 atom stereocenters. The molecule has 3 heterocycles. The normalized spacial score (nSPS) is 16.9. The Morgan fingerprint density at radius 2 is 2.17 bits per heavy atom. The van der Waals surface area contributed by atoms with Crippen LogP contribution < -0.4 is 10.9 Å². The van der Waals surface area contributed by atoms with Gasteiger partial charge in [-0.3, -0.25) is 14.2 Å². The molecule has 0 fully saturated rings. The maximum atomic E-state index is 12.5. The Balaban J connectivity index is 1.77. The van der Waals surface area contributed by atoms with Gasteiger partial charge in [0.15, 0.2) is 5.16 Å². The van der Waals surface area contributed by atoms with Gasteiger partial charge in [-0.25, -0.2) is 4.98 Å². The first-order valence-electron chi connectivity index (χ1n) is 7.61. The number of anilines is 1. The van der Waals surface area contributed by atoms with Crippen LogP contribution in [0.3, 0.4) is 0 Å². The Kier molecular flexibility index (Phi) is 4.48. The van der Waals surface area contributed by atoms with Crippen LogP contribution in [0.2, 0.25) is 0 Å². The lowest BCUT2D eigenvalue weighted by molar-refractivity contribution is -0.116. The number of aryl methyl sites for hydroxylation is 1. The summed E-state index contributed by atoms with van der Waals surface area (Å²) in [5.41, 5.74) is 0.501. The second kappa shape index (κ2) is 6.29. The van der Waals surface area contributed by atoms with E-state index in [4.69, 9.17) is 0 Å². The molecule has 3 rings (SSSR count). The van der Waals surface area contributed by atoms with E-state index in [9.17, 15) is 9.59 Å². The fourth-order valence-corrected chi connectivity index (χ4v) is 4.18. The van der Waals surface area contributed by atoms with Gasteiger partial charge in [-0.2, -0.15) is 0 Å². The van der Waals surface area contributed by atoms with Gasteiger partial charge in [0, 0.05) is 23.7 Å². The summed E-state index contributed by atoms with van der Waals surface area (Å²) in [4.78, 5) is 29.3. The van der Waals surface area contributed by atoms with Crippen molar-refractivity contribution in [2.24, 2.45) is 0 Å². The van der Waals surface area contributed by atoms with E-state index in [0.717, 1.165) is 10.7 Å². The smallest absolute Gasteiger partial charge is 0.254 e. The summed E-state index contributed by atoms with van der Waals surface area (Å²) in [5.74, 6) is 0.495. The summed E-state index contributed by atoms with van der Waals surface area (Å²) in [7, 11) is 0. The summed E-state index contributed by atoms with van der Waals surface area (Å²) in [6.45, 7) is 7.91. The van der Waals surface area contributed by atoms with Crippen LogP contribution in [0.1, 0.15) is 43.9 Å². The number of nitrogens with zero attached hydrogens (tertiary/aromatic N) is 4. The molecule has 0 aliphatic carbocycles. The van der Waals surface area contributed by atoms with E-state index >= 15 is 0 Å². The van der Waals surface area contributed by atoms with E-state index in [0.29, 0.717) is 16.0 Å². The number of nitrogens with one attached hydrogen (secondary N) is 1. The minimum absolute atomic E-state index is 0.0977. The molecule has 0 saturated carbocycles. The van der Waals surface area contributed by atoms with Gasteiger partial charge in [0.2, 0.25) is 11.0 Å². The Hall–Kier alpha value is -1.74. The average Bonchev–Trinajstić information content (AvgIpc) is 3.05. The number of aromatic nitrogens is 4. The molecule has 1 aliphatic heterocycles. The fraction of sp³-hybridized carbons (Fsp3) is 0.533. The summed E-state index contributed by atoms with van der Waals surface area (Å²) < 4.78 is 1.63. The van der Waals surface area contributed by atoms with Crippen LogP contribution in [-0.2, 0) is 10.2 Å². The second-order valence-corrected chi connectivity index (χ2v) is 8.89. The van der Waals surface area contributed by atoms with Crippen LogP contribution in [0.4, 0.5) is 5.13 Å². The maximum Gasteiger partial charge on any atom is 0.254 e. The molecule has 9 heteroatoms. The molecule has 0 bridgehead atoms. The average molecular weight is 365 g/mol. The highest BCUT2D eigenvalue weighted by atomic mass is 32.2. The molecule has 24 heavy (non-hydrogen) atoms. The van der Waals surface area contributed by atoms with E-state index in [-0.39, 0.29) is 29.3 Å². The molecule has 1 N–H and O–H groups in total. The number of hydrogen-bond acceptors (Lipinski definition) is 7. The lowest BCUT2D eigenvalue weighted by atomic mass is 9.92. The van der Waals surface area contributed by atoms with Crippen molar-refractivity contribution < 1.29 is 4.79 Å². The Morgan fingerprint density at radius 3 is 2.79 bits per heavy atom. The molecule has 2 aromatic heterocycles. The van der Waals surface area contributed by atoms with Gasteiger partial charge >= 0.3 is 0 Å². The van der Waals surface area contributed by atoms with Crippen molar-refractivity contribution in [3.8, 4) is 0 Å². The van der Waals surface area contributed by atoms with Crippen LogP contribution in [0.15, 0.2) is 16.0 Å². The summed E-state index contributed by atoms with van der Waals surface area (Å²) in [6.07, 6.45) is 0.217. The van der Waals surface area contributed by atoms with Crippen molar-refractivity contribution in [3.05, 3.63) is 27.1 Å². The van der Waals surface area contributed by atoms with Crippen LogP contribution in [0.5, 0.6) is 0 Å². The van der Waals surface area contributed by atoms with E-state index in [1.807, 2.05) is 27.7 Å². The third kappa shape index (κ3) is 3.51. The third-order valence-electron chi connectivity index (χ3n) is 3.65. The SMILES string of the molecule is Cc1nnc(NC(=O)CC2CSc3nc(C(C)(C)C)cc(=O)n32)s1. The van der Waals surface area contributed by atoms with Gasteiger partial charge in [0.1, 0.15) is 5.01 Å². The van der Waals surface area contributed by atoms with Gasteiger partial charge in [0.25, 0.3) is 5.56 Å². The van der Waals surface area contributed by atoms with E-state index in [2.05, 4.69) is 20.5 Å². The maximum absolute atomic E-state index is 12.5. The standard InChI is InChI=1S/C15H19N5O2S2/c1-8-18-19-13(24-8)17-11(21)5-9-7-23-14-16-10(15(2,3)4)6-12(22)20(9)14/h6,9H,5,7H2,1-4H3,(H,17,19,21). The minimum atomic E-state index is -0.187. The molecule has 1 amide bonds. The molecule has 1 aliphatic rings. The molecule has 7 nitrogen and oxygen atoms in total. The van der Waals surface area contributed by atoms with E-state index in [1.54, 1.807) is 10.6 Å². The molecule has 1 unspecified atom stereocenters. The number of carbonyl (C=O) groups excluding carboxylic acids is 1. The first kappa shape index (κ1) is 17.1.